The minimum atomic E-state index is 0. The molecular weight excluding hydrogens is 70.0 g/mol. The summed E-state index contributed by atoms with van der Waals surface area (Å²) < 4.78 is 0. The fraction of sp³-hybridized carbons (Fsp3) is 0.333. The summed E-state index contributed by atoms with van der Waals surface area (Å²) in [5.74, 6) is 0. The van der Waals surface area contributed by atoms with Crippen molar-refractivity contribution >= 4 is 36.2 Å². The van der Waals surface area contributed by atoms with E-state index in [0.717, 1.165) is 0 Å². The summed E-state index contributed by atoms with van der Waals surface area (Å²) in [6.45, 7) is 5.25. The van der Waals surface area contributed by atoms with Crippen molar-refractivity contribution in [2.45, 2.75) is 6.92 Å². The average Bonchev–Trinajstić information content (AvgIpc) is 0.918. The molecule has 0 aromatic carbocycles. The van der Waals surface area contributed by atoms with Crippen LogP contribution in [-0.2, 0) is 0 Å². The molecule has 0 bridgehead atoms. The summed E-state index contributed by atoms with van der Waals surface area (Å²) in [4.78, 5) is 0. The van der Waals surface area contributed by atoms with E-state index in [1.54, 1.807) is 6.08 Å². The van der Waals surface area contributed by atoms with Gasteiger partial charge in [-0.25, -0.2) is 0 Å². The second-order valence-corrected chi connectivity index (χ2v) is 0.408. The molecule has 0 heterocycles. The Hall–Kier alpha value is 0.870. The first kappa shape index (κ1) is 16.9. The van der Waals surface area contributed by atoms with Gasteiger partial charge in [-0.05, 0) is 6.92 Å². The van der Waals surface area contributed by atoms with Gasteiger partial charge in [-0.3, -0.25) is 0 Å². The zero-order valence-electron chi connectivity index (χ0n) is 2.28. The van der Waals surface area contributed by atoms with E-state index in [1.165, 1.54) is 0 Å². The summed E-state index contributed by atoms with van der Waals surface area (Å²) in [7, 11) is 0. The molecule has 0 rings (SSSR count). The van der Waals surface area contributed by atoms with E-state index in [0.29, 0.717) is 0 Å². The van der Waals surface area contributed by atoms with Gasteiger partial charge in [-0.15, -0.1) is 6.58 Å². The Bertz CT molecular complexity index is 14.4. The van der Waals surface area contributed by atoms with Gasteiger partial charge in [-0.2, -0.15) is 0 Å². The van der Waals surface area contributed by atoms with Gasteiger partial charge in [0.15, 0.2) is 17.4 Å². The van der Waals surface area contributed by atoms with E-state index in [9.17, 15) is 0 Å². The van der Waals surface area contributed by atoms with E-state index >= 15 is 0 Å². The molecule has 0 aliphatic heterocycles. The van der Waals surface area contributed by atoms with Gasteiger partial charge in [0.05, 0.1) is 0 Å². The van der Waals surface area contributed by atoms with Gasteiger partial charge in [-0.1, -0.05) is 6.08 Å². The van der Waals surface area contributed by atoms with Crippen LogP contribution in [0.5, 0.6) is 0 Å². The summed E-state index contributed by atoms with van der Waals surface area (Å²) in [6.07, 6.45) is 1.75. The normalized spacial score (nSPS) is 2.60. The molecule has 26 valence electrons. The standard InChI is InChI=1S/C3H6.Al.Li.4H/c1-3-2;;;;;;/h3H,1H2,2H3;;;;;;. The van der Waals surface area contributed by atoms with Crippen molar-refractivity contribution in [1.29, 1.82) is 0 Å². The summed E-state index contributed by atoms with van der Waals surface area (Å²) in [5.41, 5.74) is 0. The SMILES string of the molecule is C=CC.[AlH3].[LiH]. The Kier molecular flexibility index (Phi) is 70.5. The summed E-state index contributed by atoms with van der Waals surface area (Å²) in [6, 6.07) is 0. The van der Waals surface area contributed by atoms with E-state index in [1.807, 2.05) is 6.92 Å². The molecule has 0 aliphatic carbocycles. The van der Waals surface area contributed by atoms with Crippen molar-refractivity contribution in [3.63, 3.8) is 0 Å². The number of rotatable bonds is 0. The van der Waals surface area contributed by atoms with Crippen LogP contribution >= 0.6 is 0 Å². The van der Waals surface area contributed by atoms with Crippen LogP contribution in [0.2, 0.25) is 0 Å². The number of hydrogen-bond donors (Lipinski definition) is 0. The minimum absolute atomic E-state index is 0. The van der Waals surface area contributed by atoms with Crippen molar-refractivity contribution in [3.8, 4) is 0 Å². The Morgan fingerprint density at radius 1 is 1.60 bits per heavy atom. The van der Waals surface area contributed by atoms with Crippen LogP contribution in [-0.4, -0.2) is 36.2 Å². The number of allylic oxidation sites excluding steroid dienone is 1. The molecule has 0 aliphatic rings. The Morgan fingerprint density at radius 2 is 1.60 bits per heavy atom. The molecule has 5 heavy (non-hydrogen) atoms. The molecule has 0 N–H and O–H groups in total. The summed E-state index contributed by atoms with van der Waals surface area (Å²) >= 11 is 0. The van der Waals surface area contributed by atoms with Gasteiger partial charge < -0.3 is 0 Å². The molecule has 0 atom stereocenters. The van der Waals surface area contributed by atoms with Crippen molar-refractivity contribution in [2.75, 3.05) is 0 Å². The fourth-order valence-electron chi connectivity index (χ4n) is 0. The first-order valence-electron chi connectivity index (χ1n) is 0.986. The Balaban J connectivity index is -0.0000000200. The predicted molar refractivity (Wildman–Crippen MR) is 33.0 cm³/mol. The van der Waals surface area contributed by atoms with Gasteiger partial charge in [0.25, 0.3) is 0 Å². The molecule has 0 fully saturated rings. The third-order valence-electron chi connectivity index (χ3n) is 0. The molecule has 0 saturated heterocycles. The Morgan fingerprint density at radius 3 is 1.60 bits per heavy atom. The molecule has 0 aromatic rings. The molecule has 0 radical (unpaired) electrons. The molecule has 0 unspecified atom stereocenters. The first-order valence-corrected chi connectivity index (χ1v) is 0.986. The van der Waals surface area contributed by atoms with Gasteiger partial charge >= 0.3 is 18.9 Å². The van der Waals surface area contributed by atoms with Crippen molar-refractivity contribution in [1.82, 2.24) is 0 Å². The van der Waals surface area contributed by atoms with Crippen LogP contribution in [0.25, 0.3) is 0 Å². The first-order chi connectivity index (χ1) is 1.41. The van der Waals surface area contributed by atoms with Gasteiger partial charge in [0, 0.05) is 0 Å². The molecule has 0 nitrogen and oxygen atoms in total. The fourth-order valence-corrected chi connectivity index (χ4v) is 0. The van der Waals surface area contributed by atoms with Crippen LogP contribution < -0.4 is 0 Å². The monoisotopic (exact) mass is 80.1 g/mol. The quantitative estimate of drug-likeness (QED) is 0.268. The zero-order chi connectivity index (χ0) is 2.71. The van der Waals surface area contributed by atoms with E-state index in [-0.39, 0.29) is 36.2 Å². The second-order valence-electron chi connectivity index (χ2n) is 0.408. The van der Waals surface area contributed by atoms with Crippen molar-refractivity contribution in [3.05, 3.63) is 12.7 Å². The van der Waals surface area contributed by atoms with Gasteiger partial charge in [0.2, 0.25) is 0 Å². The van der Waals surface area contributed by atoms with E-state index in [4.69, 9.17) is 0 Å². The maximum atomic E-state index is 3.36. The van der Waals surface area contributed by atoms with Crippen LogP contribution in [0.15, 0.2) is 12.7 Å². The molecule has 0 spiro atoms. The molecule has 0 amide bonds. The second kappa shape index (κ2) is 20.9. The zero-order valence-corrected chi connectivity index (χ0v) is 2.28. The van der Waals surface area contributed by atoms with Crippen LogP contribution in [0, 0.1) is 0 Å². The van der Waals surface area contributed by atoms with Crippen LogP contribution in [0.3, 0.4) is 0 Å². The summed E-state index contributed by atoms with van der Waals surface area (Å²) in [5, 5.41) is 0. The molecule has 0 aromatic heterocycles. The van der Waals surface area contributed by atoms with Gasteiger partial charge in [0.1, 0.15) is 0 Å². The van der Waals surface area contributed by atoms with Crippen LogP contribution in [0.4, 0.5) is 0 Å². The van der Waals surface area contributed by atoms with Crippen LogP contribution in [0.1, 0.15) is 6.92 Å². The average molecular weight is 80.0 g/mol. The Labute approximate surface area is 56.0 Å². The molecule has 0 saturated carbocycles. The molecule has 2 heteroatoms. The van der Waals surface area contributed by atoms with Crippen molar-refractivity contribution in [2.24, 2.45) is 0 Å². The molecular formula is C3H10AlLi. The van der Waals surface area contributed by atoms with Crippen molar-refractivity contribution < 1.29 is 0 Å². The number of hydrogen-bond acceptors (Lipinski definition) is 0. The topological polar surface area (TPSA) is 0 Å². The van der Waals surface area contributed by atoms with E-state index in [2.05, 4.69) is 6.58 Å². The third kappa shape index (κ3) is 53.0. The van der Waals surface area contributed by atoms with E-state index < -0.39 is 0 Å². The third-order valence-corrected chi connectivity index (χ3v) is 0. The maximum absolute atomic E-state index is 3.36. The predicted octanol–water partition coefficient (Wildman–Crippen LogP) is -0.640.